The zero-order chi connectivity index (χ0) is 14.8. The zero-order valence-corrected chi connectivity index (χ0v) is 12.8. The van der Waals surface area contributed by atoms with Crippen molar-refractivity contribution in [3.05, 3.63) is 45.9 Å². The molecule has 1 heterocycles. The Labute approximate surface area is 132 Å². The van der Waals surface area contributed by atoms with Gasteiger partial charge in [0.05, 0.1) is 17.8 Å². The molecule has 21 heavy (non-hydrogen) atoms. The van der Waals surface area contributed by atoms with Crippen molar-refractivity contribution < 1.29 is 14.2 Å². The maximum atomic E-state index is 6.16. The van der Waals surface area contributed by atoms with Gasteiger partial charge in [-0.2, -0.15) is 0 Å². The molecular weight excluding hydrogens is 313 g/mol. The number of methoxy groups -OCH3 is 1. The van der Waals surface area contributed by atoms with Crippen molar-refractivity contribution in [3.8, 4) is 17.2 Å². The van der Waals surface area contributed by atoms with Gasteiger partial charge in [0.15, 0.2) is 11.5 Å². The highest BCUT2D eigenvalue weighted by Gasteiger charge is 2.18. The van der Waals surface area contributed by atoms with Crippen molar-refractivity contribution in [2.24, 2.45) is 0 Å². The second-order valence-corrected chi connectivity index (χ2v) is 5.35. The Morgan fingerprint density at radius 2 is 2.05 bits per heavy atom. The third-order valence-corrected chi connectivity index (χ3v) is 3.65. The second-order valence-electron chi connectivity index (χ2n) is 4.51. The Morgan fingerprint density at radius 3 is 2.86 bits per heavy atom. The minimum Gasteiger partial charge on any atom is -0.495 e. The van der Waals surface area contributed by atoms with E-state index in [1.807, 2.05) is 24.3 Å². The topological polar surface area (TPSA) is 39.7 Å². The molecule has 1 N–H and O–H groups in total. The molecule has 6 heteroatoms. The van der Waals surface area contributed by atoms with Crippen molar-refractivity contribution >= 4 is 28.9 Å². The van der Waals surface area contributed by atoms with Crippen molar-refractivity contribution in [3.63, 3.8) is 0 Å². The fourth-order valence-corrected chi connectivity index (χ4v) is 2.60. The SMILES string of the molecule is COc1ccc(Cl)cc1NCc1cc(Cl)c2c(c1)OCO2. The molecule has 0 aromatic heterocycles. The summed E-state index contributed by atoms with van der Waals surface area (Å²) < 4.78 is 15.9. The van der Waals surface area contributed by atoms with Gasteiger partial charge in [0, 0.05) is 11.6 Å². The number of hydrogen-bond acceptors (Lipinski definition) is 4. The number of ether oxygens (including phenoxy) is 3. The van der Waals surface area contributed by atoms with Crippen LogP contribution in [0.2, 0.25) is 10.0 Å². The molecule has 2 aromatic rings. The van der Waals surface area contributed by atoms with Crippen LogP contribution in [0.1, 0.15) is 5.56 Å². The van der Waals surface area contributed by atoms with E-state index in [9.17, 15) is 0 Å². The van der Waals surface area contributed by atoms with E-state index < -0.39 is 0 Å². The van der Waals surface area contributed by atoms with Crippen molar-refractivity contribution in [1.82, 2.24) is 0 Å². The van der Waals surface area contributed by atoms with Crippen LogP contribution < -0.4 is 19.5 Å². The van der Waals surface area contributed by atoms with Crippen LogP contribution in [0.25, 0.3) is 0 Å². The minimum atomic E-state index is 0.202. The lowest BCUT2D eigenvalue weighted by molar-refractivity contribution is 0.174. The van der Waals surface area contributed by atoms with Crippen LogP contribution in [0.5, 0.6) is 17.2 Å². The van der Waals surface area contributed by atoms with Crippen LogP contribution in [0.15, 0.2) is 30.3 Å². The third-order valence-electron chi connectivity index (χ3n) is 3.13. The maximum absolute atomic E-state index is 6.16. The van der Waals surface area contributed by atoms with Gasteiger partial charge in [-0.1, -0.05) is 23.2 Å². The Hall–Kier alpha value is -1.78. The van der Waals surface area contributed by atoms with E-state index >= 15 is 0 Å². The predicted octanol–water partition coefficient (Wildman–Crippen LogP) is 4.34. The third kappa shape index (κ3) is 2.96. The van der Waals surface area contributed by atoms with Crippen LogP contribution >= 0.6 is 23.2 Å². The minimum absolute atomic E-state index is 0.202. The van der Waals surface area contributed by atoms with Crippen molar-refractivity contribution in [2.75, 3.05) is 19.2 Å². The highest BCUT2D eigenvalue weighted by Crippen LogP contribution is 2.40. The van der Waals surface area contributed by atoms with Crippen LogP contribution in [0.3, 0.4) is 0 Å². The van der Waals surface area contributed by atoms with E-state index in [4.69, 9.17) is 37.4 Å². The fraction of sp³-hybridized carbons (Fsp3) is 0.200. The Balaban J connectivity index is 1.79. The Bertz CT molecular complexity index is 676. The van der Waals surface area contributed by atoms with Gasteiger partial charge >= 0.3 is 0 Å². The van der Waals surface area contributed by atoms with Crippen LogP contribution in [0, 0.1) is 0 Å². The molecule has 110 valence electrons. The molecule has 0 aliphatic carbocycles. The summed E-state index contributed by atoms with van der Waals surface area (Å²) >= 11 is 12.2. The summed E-state index contributed by atoms with van der Waals surface area (Å²) in [6.07, 6.45) is 0. The van der Waals surface area contributed by atoms with Gasteiger partial charge < -0.3 is 19.5 Å². The molecule has 0 atom stereocenters. The molecule has 0 amide bonds. The molecule has 3 rings (SSSR count). The summed E-state index contributed by atoms with van der Waals surface area (Å²) in [7, 11) is 1.62. The molecule has 1 aliphatic rings. The fourth-order valence-electron chi connectivity index (χ4n) is 2.14. The summed E-state index contributed by atoms with van der Waals surface area (Å²) in [6.45, 7) is 0.765. The molecular formula is C15H13Cl2NO3. The van der Waals surface area contributed by atoms with Crippen molar-refractivity contribution in [2.45, 2.75) is 6.54 Å². The van der Waals surface area contributed by atoms with E-state index in [1.54, 1.807) is 13.2 Å². The first-order valence-corrected chi connectivity index (χ1v) is 7.08. The Morgan fingerprint density at radius 1 is 1.19 bits per heavy atom. The molecule has 0 bridgehead atoms. The highest BCUT2D eigenvalue weighted by atomic mass is 35.5. The van der Waals surface area contributed by atoms with Crippen LogP contribution in [-0.2, 0) is 6.54 Å². The monoisotopic (exact) mass is 325 g/mol. The molecule has 0 radical (unpaired) electrons. The first kappa shape index (κ1) is 14.2. The number of fused-ring (bicyclic) bond motifs is 1. The molecule has 0 saturated carbocycles. The lowest BCUT2D eigenvalue weighted by atomic mass is 10.2. The van der Waals surface area contributed by atoms with Crippen LogP contribution in [-0.4, -0.2) is 13.9 Å². The van der Waals surface area contributed by atoms with E-state index in [0.717, 1.165) is 17.0 Å². The number of nitrogens with one attached hydrogen (secondary N) is 1. The first-order valence-electron chi connectivity index (χ1n) is 6.33. The molecule has 0 saturated heterocycles. The van der Waals surface area contributed by atoms with Gasteiger partial charge in [-0.15, -0.1) is 0 Å². The summed E-state index contributed by atoms with van der Waals surface area (Å²) in [5.74, 6) is 1.99. The molecule has 0 spiro atoms. The standard InChI is InChI=1S/C15H13Cl2NO3/c1-19-13-3-2-10(16)6-12(13)18-7-9-4-11(17)15-14(5-9)20-8-21-15/h2-6,18H,7-8H2,1H3. The van der Waals surface area contributed by atoms with Gasteiger partial charge in [0.1, 0.15) is 5.75 Å². The number of halogens is 2. The van der Waals surface area contributed by atoms with Gasteiger partial charge in [-0.25, -0.2) is 0 Å². The molecule has 2 aromatic carbocycles. The number of rotatable bonds is 4. The summed E-state index contributed by atoms with van der Waals surface area (Å²) in [5.41, 5.74) is 1.80. The van der Waals surface area contributed by atoms with E-state index in [-0.39, 0.29) is 6.79 Å². The number of hydrogen-bond donors (Lipinski definition) is 1. The predicted molar refractivity (Wildman–Crippen MR) is 82.9 cm³/mol. The number of anilines is 1. The average Bonchev–Trinajstić information content (AvgIpc) is 2.94. The zero-order valence-electron chi connectivity index (χ0n) is 11.3. The molecule has 0 unspecified atom stereocenters. The van der Waals surface area contributed by atoms with Crippen molar-refractivity contribution in [1.29, 1.82) is 0 Å². The van der Waals surface area contributed by atoms with E-state index in [1.165, 1.54) is 0 Å². The summed E-state index contributed by atoms with van der Waals surface area (Å²) in [4.78, 5) is 0. The van der Waals surface area contributed by atoms with Crippen LogP contribution in [0.4, 0.5) is 5.69 Å². The summed E-state index contributed by atoms with van der Waals surface area (Å²) in [5, 5.41) is 4.46. The number of benzene rings is 2. The summed E-state index contributed by atoms with van der Waals surface area (Å²) in [6, 6.07) is 9.16. The van der Waals surface area contributed by atoms with Gasteiger partial charge in [-0.05, 0) is 35.9 Å². The van der Waals surface area contributed by atoms with Gasteiger partial charge in [0.2, 0.25) is 6.79 Å². The van der Waals surface area contributed by atoms with E-state index in [2.05, 4.69) is 5.32 Å². The smallest absolute Gasteiger partial charge is 0.231 e. The largest absolute Gasteiger partial charge is 0.495 e. The lowest BCUT2D eigenvalue weighted by Gasteiger charge is -2.12. The second kappa shape index (κ2) is 5.92. The Kier molecular flexibility index (Phi) is 3.99. The quantitative estimate of drug-likeness (QED) is 0.907. The lowest BCUT2D eigenvalue weighted by Crippen LogP contribution is -2.01. The maximum Gasteiger partial charge on any atom is 0.231 e. The van der Waals surface area contributed by atoms with Gasteiger partial charge in [0.25, 0.3) is 0 Å². The molecule has 4 nitrogen and oxygen atoms in total. The highest BCUT2D eigenvalue weighted by molar-refractivity contribution is 6.32. The average molecular weight is 326 g/mol. The van der Waals surface area contributed by atoms with Gasteiger partial charge in [-0.3, -0.25) is 0 Å². The normalized spacial score (nSPS) is 12.3. The van der Waals surface area contributed by atoms with E-state index in [0.29, 0.717) is 28.1 Å². The molecule has 1 aliphatic heterocycles. The first-order chi connectivity index (χ1) is 10.2. The molecule has 0 fully saturated rings.